The van der Waals surface area contributed by atoms with E-state index in [1.807, 2.05) is 36.2 Å². The third-order valence-corrected chi connectivity index (χ3v) is 6.34. The van der Waals surface area contributed by atoms with Crippen molar-refractivity contribution in [3.63, 3.8) is 0 Å². The van der Waals surface area contributed by atoms with E-state index in [0.717, 1.165) is 24.1 Å². The van der Waals surface area contributed by atoms with E-state index in [0.29, 0.717) is 18.2 Å². The van der Waals surface area contributed by atoms with Gasteiger partial charge in [-0.3, -0.25) is 4.79 Å². The van der Waals surface area contributed by atoms with Gasteiger partial charge in [-0.05, 0) is 43.0 Å². The lowest BCUT2D eigenvalue weighted by atomic mass is 10.1. The molecule has 0 radical (unpaired) electrons. The maximum atomic E-state index is 13.0. The molecular formula is C24H25ClN6O. The number of imidazole rings is 1. The highest BCUT2D eigenvalue weighted by Gasteiger charge is 2.19. The van der Waals surface area contributed by atoms with Gasteiger partial charge in [0.2, 0.25) is 5.95 Å². The van der Waals surface area contributed by atoms with Gasteiger partial charge in [0.15, 0.2) is 0 Å². The molecule has 1 saturated heterocycles. The topological polar surface area (TPSA) is 70.0 Å². The average Bonchev–Trinajstić information content (AvgIpc) is 3.25. The van der Waals surface area contributed by atoms with Crippen LogP contribution in [0.4, 0.5) is 11.4 Å². The van der Waals surface area contributed by atoms with Crippen molar-refractivity contribution in [1.29, 1.82) is 0 Å². The number of hydrogen-bond acceptors (Lipinski definition) is 5. The van der Waals surface area contributed by atoms with Gasteiger partial charge < -0.3 is 14.8 Å². The molecule has 0 spiro atoms. The number of fused-ring (bicyclic) bond motifs is 1. The zero-order chi connectivity index (χ0) is 22.1. The summed E-state index contributed by atoms with van der Waals surface area (Å²) in [5.41, 5.74) is 4.25. The second-order valence-electron chi connectivity index (χ2n) is 8.17. The largest absolute Gasteiger partial charge is 0.371 e. The van der Waals surface area contributed by atoms with Gasteiger partial charge in [0, 0.05) is 32.4 Å². The molecule has 0 saturated carbocycles. The molecule has 8 heteroatoms. The number of aromatic amines is 1. The molecule has 2 aromatic carbocycles. The SMILES string of the molecule is CN(Cc1ccccc1N1CCCCC1)c1cnn(-c2nc3ccccc3[nH]2)c(=O)c1Cl. The van der Waals surface area contributed by atoms with Gasteiger partial charge in [-0.2, -0.15) is 9.78 Å². The Hall–Kier alpha value is -3.32. The van der Waals surface area contributed by atoms with Crippen LogP contribution in [0.3, 0.4) is 0 Å². The lowest BCUT2D eigenvalue weighted by molar-refractivity contribution is 0.576. The molecule has 0 bridgehead atoms. The van der Waals surface area contributed by atoms with Crippen LogP contribution in [0.2, 0.25) is 5.02 Å². The normalized spacial score (nSPS) is 14.1. The molecule has 4 aromatic rings. The Morgan fingerprint density at radius 2 is 1.81 bits per heavy atom. The standard InChI is InChI=1S/C24H25ClN6O/c1-29(16-17-9-3-6-12-20(17)30-13-7-2-8-14-30)21-15-26-31(23(32)22(21)25)24-27-18-10-4-5-11-19(18)28-24/h3-6,9-12,15H,2,7-8,13-14,16H2,1H3,(H,27,28). The quantitative estimate of drug-likeness (QED) is 0.490. The lowest BCUT2D eigenvalue weighted by Gasteiger charge is -2.32. The number of halogens is 1. The lowest BCUT2D eigenvalue weighted by Crippen LogP contribution is -2.31. The zero-order valence-electron chi connectivity index (χ0n) is 18.0. The number of para-hydroxylation sites is 3. The predicted octanol–water partition coefficient (Wildman–Crippen LogP) is 4.39. The summed E-state index contributed by atoms with van der Waals surface area (Å²) in [4.78, 5) is 25.0. The van der Waals surface area contributed by atoms with Gasteiger partial charge in [0.25, 0.3) is 5.56 Å². The minimum atomic E-state index is -0.403. The molecule has 0 aliphatic carbocycles. The van der Waals surface area contributed by atoms with Crippen LogP contribution in [0.1, 0.15) is 24.8 Å². The number of hydrogen-bond donors (Lipinski definition) is 1. The monoisotopic (exact) mass is 448 g/mol. The van der Waals surface area contributed by atoms with E-state index in [1.165, 1.54) is 35.2 Å². The molecular weight excluding hydrogens is 424 g/mol. The van der Waals surface area contributed by atoms with Crippen LogP contribution in [0.5, 0.6) is 0 Å². The smallest absolute Gasteiger partial charge is 0.295 e. The Morgan fingerprint density at radius 1 is 1.06 bits per heavy atom. The number of nitrogens with zero attached hydrogens (tertiary/aromatic N) is 5. The number of piperidine rings is 1. The van der Waals surface area contributed by atoms with Gasteiger partial charge in [-0.1, -0.05) is 41.9 Å². The van der Waals surface area contributed by atoms with Crippen LogP contribution in [0.25, 0.3) is 17.0 Å². The van der Waals surface area contributed by atoms with E-state index in [9.17, 15) is 4.79 Å². The molecule has 1 aliphatic rings. The predicted molar refractivity (Wildman–Crippen MR) is 129 cm³/mol. The molecule has 0 unspecified atom stereocenters. The van der Waals surface area contributed by atoms with Crippen molar-refractivity contribution >= 4 is 34.0 Å². The molecule has 2 aromatic heterocycles. The fraction of sp³-hybridized carbons (Fsp3) is 0.292. The molecule has 1 fully saturated rings. The van der Waals surface area contributed by atoms with Crippen molar-refractivity contribution in [2.24, 2.45) is 0 Å². The first-order valence-corrected chi connectivity index (χ1v) is 11.3. The molecule has 0 amide bonds. The molecule has 7 nitrogen and oxygen atoms in total. The number of benzene rings is 2. The van der Waals surface area contributed by atoms with Crippen molar-refractivity contribution in [2.45, 2.75) is 25.8 Å². The highest BCUT2D eigenvalue weighted by molar-refractivity contribution is 6.33. The molecule has 1 aliphatic heterocycles. The molecule has 0 atom stereocenters. The van der Waals surface area contributed by atoms with Gasteiger partial charge in [0.1, 0.15) is 5.02 Å². The first kappa shape index (κ1) is 20.6. The van der Waals surface area contributed by atoms with Crippen LogP contribution in [-0.2, 0) is 6.54 Å². The number of aromatic nitrogens is 4. The summed E-state index contributed by atoms with van der Waals surface area (Å²) >= 11 is 6.53. The summed E-state index contributed by atoms with van der Waals surface area (Å²) in [6.07, 6.45) is 5.36. The highest BCUT2D eigenvalue weighted by atomic mass is 35.5. The van der Waals surface area contributed by atoms with Crippen molar-refractivity contribution < 1.29 is 0 Å². The Labute approximate surface area is 191 Å². The third kappa shape index (κ3) is 3.84. The number of anilines is 2. The molecule has 164 valence electrons. The van der Waals surface area contributed by atoms with E-state index in [1.54, 1.807) is 6.20 Å². The Morgan fingerprint density at radius 3 is 2.62 bits per heavy atom. The summed E-state index contributed by atoms with van der Waals surface area (Å²) < 4.78 is 1.21. The minimum absolute atomic E-state index is 0.124. The first-order chi connectivity index (χ1) is 15.6. The minimum Gasteiger partial charge on any atom is -0.371 e. The molecule has 3 heterocycles. The van der Waals surface area contributed by atoms with Gasteiger partial charge in [-0.15, -0.1) is 0 Å². The van der Waals surface area contributed by atoms with Crippen LogP contribution in [0.15, 0.2) is 59.5 Å². The van der Waals surface area contributed by atoms with Crippen LogP contribution >= 0.6 is 11.6 Å². The maximum Gasteiger partial charge on any atom is 0.295 e. The van der Waals surface area contributed by atoms with Gasteiger partial charge in [0.05, 0.1) is 22.9 Å². The Kier molecular flexibility index (Phi) is 5.57. The van der Waals surface area contributed by atoms with Crippen molar-refractivity contribution in [1.82, 2.24) is 19.7 Å². The zero-order valence-corrected chi connectivity index (χ0v) is 18.7. The van der Waals surface area contributed by atoms with Gasteiger partial charge in [-0.25, -0.2) is 4.98 Å². The third-order valence-electron chi connectivity index (χ3n) is 5.99. The second-order valence-corrected chi connectivity index (χ2v) is 8.55. The van der Waals surface area contributed by atoms with Crippen molar-refractivity contribution in [3.05, 3.63) is 75.7 Å². The van der Waals surface area contributed by atoms with Crippen LogP contribution in [-0.4, -0.2) is 39.9 Å². The maximum absolute atomic E-state index is 13.0. The fourth-order valence-electron chi connectivity index (χ4n) is 4.31. The van der Waals surface area contributed by atoms with Gasteiger partial charge >= 0.3 is 0 Å². The number of rotatable bonds is 5. The number of H-pyrrole nitrogens is 1. The van der Waals surface area contributed by atoms with E-state index < -0.39 is 5.56 Å². The Bertz CT molecular complexity index is 1270. The average molecular weight is 449 g/mol. The summed E-state index contributed by atoms with van der Waals surface area (Å²) in [5.74, 6) is 0.350. The Balaban J connectivity index is 1.43. The molecule has 5 rings (SSSR count). The van der Waals surface area contributed by atoms with Crippen LogP contribution in [0, 0.1) is 0 Å². The van der Waals surface area contributed by atoms with Crippen LogP contribution < -0.4 is 15.4 Å². The highest BCUT2D eigenvalue weighted by Crippen LogP contribution is 2.28. The molecule has 32 heavy (non-hydrogen) atoms. The van der Waals surface area contributed by atoms with E-state index >= 15 is 0 Å². The van der Waals surface area contributed by atoms with E-state index in [4.69, 9.17) is 11.6 Å². The van der Waals surface area contributed by atoms with E-state index in [2.05, 4.69) is 44.2 Å². The second kappa shape index (κ2) is 8.67. The fourth-order valence-corrected chi connectivity index (χ4v) is 4.58. The van der Waals surface area contributed by atoms with Crippen molar-refractivity contribution in [3.8, 4) is 5.95 Å². The summed E-state index contributed by atoms with van der Waals surface area (Å²) in [7, 11) is 1.93. The summed E-state index contributed by atoms with van der Waals surface area (Å²) in [5, 5.41) is 4.48. The summed E-state index contributed by atoms with van der Waals surface area (Å²) in [6.45, 7) is 2.79. The summed E-state index contributed by atoms with van der Waals surface area (Å²) in [6, 6.07) is 16.0. The number of nitrogens with one attached hydrogen (secondary N) is 1. The first-order valence-electron chi connectivity index (χ1n) is 10.9. The van der Waals surface area contributed by atoms with Crippen molar-refractivity contribution in [2.75, 3.05) is 29.9 Å². The molecule has 1 N–H and O–H groups in total. The van der Waals surface area contributed by atoms with E-state index in [-0.39, 0.29) is 5.02 Å².